The largest absolute Gasteiger partial charge is 0.345 e. The molecule has 34 heavy (non-hydrogen) atoms. The van der Waals surface area contributed by atoms with Crippen LogP contribution in [-0.2, 0) is 19.6 Å². The average molecular weight is 474 g/mol. The molecular weight excluding hydrogens is 450 g/mol. The van der Waals surface area contributed by atoms with E-state index < -0.39 is 4.92 Å². The molecule has 1 aromatic heterocycles. The van der Waals surface area contributed by atoms with Crippen LogP contribution in [-0.4, -0.2) is 20.3 Å². The van der Waals surface area contributed by atoms with Crippen molar-refractivity contribution < 1.29 is 9.72 Å². The van der Waals surface area contributed by atoms with Crippen LogP contribution in [0, 0.1) is 17.0 Å². The Hall–Kier alpha value is -3.90. The number of benzene rings is 3. The molecule has 172 valence electrons. The topological polar surface area (TPSA) is 68.4 Å². The number of nitro benzene ring substituents is 1. The van der Waals surface area contributed by atoms with Gasteiger partial charge in [0.1, 0.15) is 5.02 Å². The Balaban J connectivity index is 1.65. The number of aromatic nitrogens is 1. The minimum Gasteiger partial charge on any atom is -0.345 e. The summed E-state index contributed by atoms with van der Waals surface area (Å²) in [4.78, 5) is 26.0. The standard InChI is InChI=1S/C27H24ClN3O3/c1-20-8-5-6-11-23(20)18-29-15-7-12-24(29)19-30(17-21-9-3-2-4-10-21)27(32)22-13-14-25(28)26(16-22)31(33)34/h2-16H,17-19H2,1H3. The first-order chi connectivity index (χ1) is 16.4. The fourth-order valence-electron chi connectivity index (χ4n) is 3.89. The summed E-state index contributed by atoms with van der Waals surface area (Å²) in [7, 11) is 0. The summed E-state index contributed by atoms with van der Waals surface area (Å²) in [6, 6.07) is 26.0. The highest BCUT2D eigenvalue weighted by molar-refractivity contribution is 6.32. The van der Waals surface area contributed by atoms with E-state index in [-0.39, 0.29) is 22.2 Å². The number of halogens is 1. The first kappa shape index (κ1) is 23.3. The number of nitrogens with zero attached hydrogens (tertiary/aromatic N) is 3. The van der Waals surface area contributed by atoms with Gasteiger partial charge in [0, 0.05) is 36.6 Å². The van der Waals surface area contributed by atoms with Crippen molar-refractivity contribution in [3.8, 4) is 0 Å². The number of nitro groups is 1. The van der Waals surface area contributed by atoms with Gasteiger partial charge in [-0.3, -0.25) is 14.9 Å². The summed E-state index contributed by atoms with van der Waals surface area (Å²) in [6.07, 6.45) is 2.00. The van der Waals surface area contributed by atoms with Gasteiger partial charge in [-0.05, 0) is 47.9 Å². The predicted octanol–water partition coefficient (Wildman–Crippen LogP) is 6.25. The minimum absolute atomic E-state index is 0.00302. The summed E-state index contributed by atoms with van der Waals surface area (Å²) < 4.78 is 2.12. The number of aryl methyl sites for hydroxylation is 1. The van der Waals surface area contributed by atoms with Crippen LogP contribution in [0.15, 0.2) is 91.1 Å². The first-order valence-corrected chi connectivity index (χ1v) is 11.3. The molecule has 0 aliphatic rings. The maximum atomic E-state index is 13.5. The van der Waals surface area contributed by atoms with E-state index in [1.165, 1.54) is 29.3 Å². The van der Waals surface area contributed by atoms with Crippen LogP contribution in [0.5, 0.6) is 0 Å². The van der Waals surface area contributed by atoms with E-state index >= 15 is 0 Å². The van der Waals surface area contributed by atoms with E-state index in [9.17, 15) is 14.9 Å². The van der Waals surface area contributed by atoms with Crippen LogP contribution in [0.1, 0.15) is 32.7 Å². The molecule has 0 aliphatic carbocycles. The molecule has 0 fully saturated rings. The van der Waals surface area contributed by atoms with Gasteiger partial charge in [0.25, 0.3) is 11.6 Å². The molecule has 0 unspecified atom stereocenters. The molecule has 0 spiro atoms. The van der Waals surface area contributed by atoms with Crippen LogP contribution in [0.25, 0.3) is 0 Å². The van der Waals surface area contributed by atoms with Crippen molar-refractivity contribution in [3.05, 3.63) is 134 Å². The third-order valence-corrected chi connectivity index (χ3v) is 6.09. The number of rotatable bonds is 8. The van der Waals surface area contributed by atoms with Crippen molar-refractivity contribution in [2.24, 2.45) is 0 Å². The Kier molecular flexibility index (Phi) is 7.09. The third-order valence-electron chi connectivity index (χ3n) is 5.77. The van der Waals surface area contributed by atoms with Crippen molar-refractivity contribution in [1.29, 1.82) is 0 Å². The zero-order valence-electron chi connectivity index (χ0n) is 18.7. The van der Waals surface area contributed by atoms with Gasteiger partial charge in [0.15, 0.2) is 0 Å². The molecule has 0 saturated carbocycles. The monoisotopic (exact) mass is 473 g/mol. The van der Waals surface area contributed by atoms with Gasteiger partial charge in [-0.25, -0.2) is 0 Å². The lowest BCUT2D eigenvalue weighted by atomic mass is 10.1. The van der Waals surface area contributed by atoms with E-state index in [0.29, 0.717) is 19.6 Å². The summed E-state index contributed by atoms with van der Waals surface area (Å²) in [5.41, 5.74) is 4.29. The Labute approximate surface area is 203 Å². The summed E-state index contributed by atoms with van der Waals surface area (Å²) >= 11 is 5.96. The molecule has 6 nitrogen and oxygen atoms in total. The Morgan fingerprint density at radius 1 is 0.971 bits per heavy atom. The normalized spacial score (nSPS) is 10.8. The maximum absolute atomic E-state index is 13.5. The second-order valence-corrected chi connectivity index (χ2v) is 8.53. The van der Waals surface area contributed by atoms with E-state index in [2.05, 4.69) is 23.6 Å². The van der Waals surface area contributed by atoms with E-state index in [4.69, 9.17) is 11.6 Å². The molecule has 0 atom stereocenters. The van der Waals surface area contributed by atoms with Gasteiger partial charge in [-0.1, -0.05) is 66.2 Å². The quantitative estimate of drug-likeness (QED) is 0.224. The third kappa shape index (κ3) is 5.35. The van der Waals surface area contributed by atoms with E-state index in [1.807, 2.05) is 60.8 Å². The fourth-order valence-corrected chi connectivity index (χ4v) is 4.07. The SMILES string of the molecule is Cc1ccccc1Cn1cccc1CN(Cc1ccccc1)C(=O)c1ccc(Cl)c([N+](=O)[O-])c1. The molecule has 1 amide bonds. The molecule has 0 N–H and O–H groups in total. The van der Waals surface area contributed by atoms with Crippen LogP contribution < -0.4 is 0 Å². The lowest BCUT2D eigenvalue weighted by Gasteiger charge is -2.24. The predicted molar refractivity (Wildman–Crippen MR) is 133 cm³/mol. The lowest BCUT2D eigenvalue weighted by molar-refractivity contribution is -0.384. The molecule has 0 radical (unpaired) electrons. The van der Waals surface area contributed by atoms with Gasteiger partial charge in [-0.15, -0.1) is 0 Å². The van der Waals surface area contributed by atoms with Crippen molar-refractivity contribution in [3.63, 3.8) is 0 Å². The molecular formula is C27H24ClN3O3. The number of hydrogen-bond acceptors (Lipinski definition) is 3. The van der Waals surface area contributed by atoms with Crippen molar-refractivity contribution in [1.82, 2.24) is 9.47 Å². The smallest absolute Gasteiger partial charge is 0.288 e. The molecule has 0 aliphatic heterocycles. The molecule has 7 heteroatoms. The van der Waals surface area contributed by atoms with Gasteiger partial charge >= 0.3 is 0 Å². The summed E-state index contributed by atoms with van der Waals surface area (Å²) in [5.74, 6) is -0.299. The number of amides is 1. The summed E-state index contributed by atoms with van der Waals surface area (Å²) in [6.45, 7) is 3.49. The molecule has 3 aromatic carbocycles. The lowest BCUT2D eigenvalue weighted by Crippen LogP contribution is -2.31. The van der Waals surface area contributed by atoms with Crippen LogP contribution in [0.4, 0.5) is 5.69 Å². The zero-order valence-corrected chi connectivity index (χ0v) is 19.5. The van der Waals surface area contributed by atoms with Crippen molar-refractivity contribution in [2.45, 2.75) is 26.6 Å². The number of hydrogen-bond donors (Lipinski definition) is 0. The van der Waals surface area contributed by atoms with E-state index in [1.54, 1.807) is 4.90 Å². The Morgan fingerprint density at radius 2 is 1.71 bits per heavy atom. The highest BCUT2D eigenvalue weighted by Crippen LogP contribution is 2.26. The molecule has 4 aromatic rings. The van der Waals surface area contributed by atoms with Crippen LogP contribution >= 0.6 is 11.6 Å². The molecule has 1 heterocycles. The van der Waals surface area contributed by atoms with Crippen LogP contribution in [0.3, 0.4) is 0 Å². The van der Waals surface area contributed by atoms with Gasteiger partial charge in [-0.2, -0.15) is 0 Å². The fraction of sp³-hybridized carbons (Fsp3) is 0.148. The van der Waals surface area contributed by atoms with Gasteiger partial charge in [0.2, 0.25) is 0 Å². The average Bonchev–Trinajstić information content (AvgIpc) is 3.27. The van der Waals surface area contributed by atoms with Crippen LogP contribution in [0.2, 0.25) is 5.02 Å². The van der Waals surface area contributed by atoms with Gasteiger partial charge in [0.05, 0.1) is 11.5 Å². The highest BCUT2D eigenvalue weighted by atomic mass is 35.5. The van der Waals surface area contributed by atoms with Gasteiger partial charge < -0.3 is 9.47 Å². The maximum Gasteiger partial charge on any atom is 0.288 e. The van der Waals surface area contributed by atoms with E-state index in [0.717, 1.165) is 11.3 Å². The first-order valence-electron chi connectivity index (χ1n) is 10.9. The van der Waals surface area contributed by atoms with Crippen molar-refractivity contribution >= 4 is 23.2 Å². The molecule has 0 saturated heterocycles. The Morgan fingerprint density at radius 3 is 2.44 bits per heavy atom. The molecule has 4 rings (SSSR count). The van der Waals surface area contributed by atoms with Crippen molar-refractivity contribution in [2.75, 3.05) is 0 Å². The summed E-state index contributed by atoms with van der Waals surface area (Å²) in [5, 5.41) is 11.4. The zero-order chi connectivity index (χ0) is 24.1. The number of carbonyl (C=O) groups excluding carboxylic acids is 1. The highest BCUT2D eigenvalue weighted by Gasteiger charge is 2.22. The second-order valence-electron chi connectivity index (χ2n) is 8.12. The second kappa shape index (κ2) is 10.4. The number of carbonyl (C=O) groups is 1. The Bertz CT molecular complexity index is 1320. The minimum atomic E-state index is -0.575. The molecule has 0 bridgehead atoms.